The van der Waals surface area contributed by atoms with Crippen LogP contribution in [0.4, 0.5) is 23.7 Å². The van der Waals surface area contributed by atoms with Crippen LogP contribution in [0.5, 0.6) is 0 Å². The van der Waals surface area contributed by atoms with E-state index in [0.29, 0.717) is 25.3 Å². The number of nitrogens with zero attached hydrogens (tertiary/aromatic N) is 2. The zero-order chi connectivity index (χ0) is 25.8. The summed E-state index contributed by atoms with van der Waals surface area (Å²) in [6, 6.07) is 3.32. The molecule has 2 fully saturated rings. The molecular weight excluding hydrogens is 461 g/mol. The molecule has 2 aliphatic rings. The van der Waals surface area contributed by atoms with E-state index >= 15 is 0 Å². The van der Waals surface area contributed by atoms with Gasteiger partial charge in [-0.2, -0.15) is 13.2 Å². The maximum absolute atomic E-state index is 13.0. The van der Waals surface area contributed by atoms with Gasteiger partial charge in [-0.1, -0.05) is 0 Å². The number of nitrogens with one attached hydrogen (secondary N) is 2. The largest absolute Gasteiger partial charge is 0.444 e. The van der Waals surface area contributed by atoms with E-state index in [9.17, 15) is 18.0 Å². The third-order valence-corrected chi connectivity index (χ3v) is 6.27. The van der Waals surface area contributed by atoms with Crippen LogP contribution in [0.15, 0.2) is 12.1 Å². The zero-order valence-corrected chi connectivity index (χ0v) is 21.0. The van der Waals surface area contributed by atoms with Gasteiger partial charge in [0.25, 0.3) is 0 Å². The normalized spacial score (nSPS) is 22.1. The lowest BCUT2D eigenvalue weighted by molar-refractivity contribution is -0.140. The number of rotatable bonds is 6. The number of hydrogen-bond donors (Lipinski definition) is 2. The van der Waals surface area contributed by atoms with Crippen molar-refractivity contribution in [1.82, 2.24) is 9.80 Å². The molecule has 0 aromatic heterocycles. The number of carbonyl (C=O) groups is 1. The first kappa shape index (κ1) is 27.3. The highest BCUT2D eigenvalue weighted by Gasteiger charge is 2.36. The SMILES string of the molecule is Cc1cc(NC2CCCCO2)c(C=N)cc1C1CN(C(=O)OC(C)(C)C)CCN1CCC(F)(F)F. The highest BCUT2D eigenvalue weighted by molar-refractivity contribution is 5.86. The van der Waals surface area contributed by atoms with E-state index in [0.717, 1.165) is 36.1 Å². The number of amides is 1. The Morgan fingerprint density at radius 1 is 1.26 bits per heavy atom. The third-order valence-electron chi connectivity index (χ3n) is 6.27. The van der Waals surface area contributed by atoms with Crippen LogP contribution in [-0.4, -0.2) is 72.9 Å². The summed E-state index contributed by atoms with van der Waals surface area (Å²) in [6.07, 6.45) is -1.60. The first-order chi connectivity index (χ1) is 16.4. The molecule has 1 amide bonds. The zero-order valence-electron chi connectivity index (χ0n) is 21.0. The van der Waals surface area contributed by atoms with Crippen molar-refractivity contribution in [2.45, 2.75) is 77.4 Å². The predicted octanol–water partition coefficient (Wildman–Crippen LogP) is 5.48. The Hall–Kier alpha value is -2.33. The highest BCUT2D eigenvalue weighted by atomic mass is 19.4. The van der Waals surface area contributed by atoms with Crippen molar-refractivity contribution in [2.24, 2.45) is 0 Å². The summed E-state index contributed by atoms with van der Waals surface area (Å²) in [4.78, 5) is 16.1. The van der Waals surface area contributed by atoms with Crippen LogP contribution in [0.25, 0.3) is 0 Å². The first-order valence-corrected chi connectivity index (χ1v) is 12.2. The van der Waals surface area contributed by atoms with Crippen LogP contribution in [0.3, 0.4) is 0 Å². The second-order valence-corrected chi connectivity index (χ2v) is 10.3. The number of benzene rings is 1. The molecule has 7 nitrogen and oxygen atoms in total. The summed E-state index contributed by atoms with van der Waals surface area (Å²) in [5.74, 6) is 0. The maximum Gasteiger partial charge on any atom is 0.410 e. The van der Waals surface area contributed by atoms with E-state index in [1.54, 1.807) is 30.6 Å². The molecule has 35 heavy (non-hydrogen) atoms. The molecule has 2 atom stereocenters. The maximum atomic E-state index is 13.0. The third kappa shape index (κ3) is 7.83. The number of ether oxygens (including phenoxy) is 2. The lowest BCUT2D eigenvalue weighted by Crippen LogP contribution is -2.52. The molecule has 10 heteroatoms. The van der Waals surface area contributed by atoms with Crippen LogP contribution in [-0.2, 0) is 9.47 Å². The molecule has 2 unspecified atom stereocenters. The van der Waals surface area contributed by atoms with E-state index in [1.165, 1.54) is 6.21 Å². The lowest BCUT2D eigenvalue weighted by Gasteiger charge is -2.42. The van der Waals surface area contributed by atoms with Crippen LogP contribution in [0.1, 0.15) is 69.2 Å². The Morgan fingerprint density at radius 3 is 2.60 bits per heavy atom. The van der Waals surface area contributed by atoms with E-state index in [4.69, 9.17) is 14.9 Å². The molecule has 1 aromatic carbocycles. The quantitative estimate of drug-likeness (QED) is 0.508. The molecule has 2 N–H and O–H groups in total. The van der Waals surface area contributed by atoms with Gasteiger partial charge in [-0.15, -0.1) is 0 Å². The lowest BCUT2D eigenvalue weighted by atomic mass is 9.94. The van der Waals surface area contributed by atoms with Gasteiger partial charge in [0.1, 0.15) is 11.8 Å². The topological polar surface area (TPSA) is 77.9 Å². The Morgan fingerprint density at radius 2 is 2.00 bits per heavy atom. The minimum absolute atomic E-state index is 0.131. The fraction of sp³-hybridized carbons (Fsp3) is 0.680. The minimum Gasteiger partial charge on any atom is -0.444 e. The Balaban J connectivity index is 1.88. The van der Waals surface area contributed by atoms with Gasteiger partial charge in [0.15, 0.2) is 0 Å². The first-order valence-electron chi connectivity index (χ1n) is 12.2. The number of hydrogen-bond acceptors (Lipinski definition) is 6. The van der Waals surface area contributed by atoms with Gasteiger partial charge in [-0.3, -0.25) is 4.90 Å². The number of carbonyl (C=O) groups excluding carboxylic acids is 1. The number of alkyl halides is 3. The van der Waals surface area contributed by atoms with Gasteiger partial charge < -0.3 is 25.1 Å². The molecule has 0 bridgehead atoms. The van der Waals surface area contributed by atoms with Crippen molar-refractivity contribution in [1.29, 1.82) is 5.41 Å². The van der Waals surface area contributed by atoms with Gasteiger partial charge in [0, 0.05) is 50.3 Å². The molecule has 0 spiro atoms. The summed E-state index contributed by atoms with van der Waals surface area (Å²) in [7, 11) is 0. The van der Waals surface area contributed by atoms with Crippen LogP contribution < -0.4 is 5.32 Å². The fourth-order valence-corrected chi connectivity index (χ4v) is 4.52. The minimum atomic E-state index is -4.27. The summed E-state index contributed by atoms with van der Waals surface area (Å²) >= 11 is 0. The average molecular weight is 499 g/mol. The molecule has 1 aromatic rings. The van der Waals surface area contributed by atoms with Gasteiger partial charge in [-0.25, -0.2) is 4.79 Å². The van der Waals surface area contributed by atoms with Crippen molar-refractivity contribution in [3.63, 3.8) is 0 Å². The van der Waals surface area contributed by atoms with Gasteiger partial charge in [-0.05, 0) is 70.2 Å². The van der Waals surface area contributed by atoms with E-state index in [-0.39, 0.29) is 19.3 Å². The van der Waals surface area contributed by atoms with Crippen molar-refractivity contribution >= 4 is 18.0 Å². The number of anilines is 1. The standard InChI is InChI=1S/C25H37F3N4O3/c1-17-13-20(30-22-7-5-6-12-34-22)18(15-29)14-19(17)21-16-32(23(33)35-24(2,3)4)11-10-31(21)9-8-25(26,27)28/h13-15,21-22,29-30H,5-12,16H2,1-4H3. The second kappa shape index (κ2) is 11.2. The smallest absolute Gasteiger partial charge is 0.410 e. The van der Waals surface area contributed by atoms with E-state index in [1.807, 2.05) is 19.1 Å². The Kier molecular flexibility index (Phi) is 8.69. The van der Waals surface area contributed by atoms with Gasteiger partial charge in [0.2, 0.25) is 0 Å². The van der Waals surface area contributed by atoms with Gasteiger partial charge >= 0.3 is 12.3 Å². The molecule has 2 heterocycles. The summed E-state index contributed by atoms with van der Waals surface area (Å²) in [5.41, 5.74) is 2.40. The summed E-state index contributed by atoms with van der Waals surface area (Å²) in [6.45, 7) is 8.58. The monoisotopic (exact) mass is 498 g/mol. The summed E-state index contributed by atoms with van der Waals surface area (Å²) < 4.78 is 50.4. The fourth-order valence-electron chi connectivity index (χ4n) is 4.52. The summed E-state index contributed by atoms with van der Waals surface area (Å²) in [5, 5.41) is 11.3. The van der Waals surface area contributed by atoms with Gasteiger partial charge in [0.05, 0.1) is 12.5 Å². The molecular formula is C25H37F3N4O3. The van der Waals surface area contributed by atoms with Crippen molar-refractivity contribution in [3.05, 3.63) is 28.8 Å². The molecule has 0 saturated carbocycles. The van der Waals surface area contributed by atoms with Crippen molar-refractivity contribution in [2.75, 3.05) is 38.1 Å². The van der Waals surface area contributed by atoms with E-state index < -0.39 is 30.3 Å². The highest BCUT2D eigenvalue weighted by Crippen LogP contribution is 2.34. The molecule has 3 rings (SSSR count). The molecule has 2 saturated heterocycles. The number of halogens is 3. The van der Waals surface area contributed by atoms with Crippen LogP contribution in [0, 0.1) is 12.3 Å². The number of aryl methyl sites for hydroxylation is 1. The van der Waals surface area contributed by atoms with Crippen LogP contribution in [0.2, 0.25) is 0 Å². The molecule has 0 radical (unpaired) electrons. The molecule has 196 valence electrons. The molecule has 0 aliphatic carbocycles. The number of piperazine rings is 1. The van der Waals surface area contributed by atoms with Crippen molar-refractivity contribution in [3.8, 4) is 0 Å². The van der Waals surface area contributed by atoms with Crippen molar-refractivity contribution < 1.29 is 27.4 Å². The van der Waals surface area contributed by atoms with Crippen LogP contribution >= 0.6 is 0 Å². The average Bonchev–Trinajstić information content (AvgIpc) is 2.77. The van der Waals surface area contributed by atoms with E-state index in [2.05, 4.69) is 5.32 Å². The second-order valence-electron chi connectivity index (χ2n) is 10.3. The predicted molar refractivity (Wildman–Crippen MR) is 129 cm³/mol. The Labute approximate surface area is 205 Å². The molecule has 2 aliphatic heterocycles. The Bertz CT molecular complexity index is 895.